The molecule has 3 aromatic rings. The van der Waals surface area contributed by atoms with Crippen LogP contribution in [0.1, 0.15) is 18.1 Å². The van der Waals surface area contributed by atoms with Gasteiger partial charge in [0.15, 0.2) is 5.60 Å². The second-order valence-electron chi connectivity index (χ2n) is 6.60. The van der Waals surface area contributed by atoms with Crippen molar-refractivity contribution in [3.8, 4) is 6.07 Å². The van der Waals surface area contributed by atoms with Crippen LogP contribution in [0, 0.1) is 17.1 Å². The molecule has 10 heteroatoms. The molecule has 0 aliphatic carbocycles. The molecular weight excluding hydrogens is 392 g/mol. The minimum atomic E-state index is -4.78. The second kappa shape index (κ2) is 7.18. The Balaban J connectivity index is 1.82. The van der Waals surface area contributed by atoms with E-state index in [0.717, 1.165) is 19.1 Å². The number of aromatic nitrogens is 2. The maximum absolute atomic E-state index is 13.8. The van der Waals surface area contributed by atoms with Crippen molar-refractivity contribution in [3.63, 3.8) is 0 Å². The second-order valence-corrected chi connectivity index (χ2v) is 6.60. The molecule has 1 atom stereocenters. The molecule has 0 fully saturated rings. The Kier molecular flexibility index (Phi) is 5.02. The third-order valence-corrected chi connectivity index (χ3v) is 4.21. The zero-order valence-electron chi connectivity index (χ0n) is 15.0. The normalized spacial score (nSPS) is 13.7. The lowest BCUT2D eigenvalue weighted by Crippen LogP contribution is -2.43. The number of nitrogens with one attached hydrogen (secondary N) is 1. The van der Waals surface area contributed by atoms with E-state index in [2.05, 4.69) is 10.4 Å². The predicted octanol–water partition coefficient (Wildman–Crippen LogP) is 3.46. The predicted molar refractivity (Wildman–Crippen MR) is 95.1 cm³/mol. The molecule has 0 unspecified atom stereocenters. The van der Waals surface area contributed by atoms with Crippen molar-refractivity contribution >= 4 is 22.5 Å². The fraction of sp³-hybridized carbons (Fsp3) is 0.211. The molecule has 2 aromatic carbocycles. The number of benzene rings is 2. The van der Waals surface area contributed by atoms with E-state index in [0.29, 0.717) is 11.6 Å². The minimum absolute atomic E-state index is 0.200. The Labute approximate surface area is 162 Å². The van der Waals surface area contributed by atoms with E-state index >= 15 is 0 Å². The van der Waals surface area contributed by atoms with Crippen LogP contribution in [0.4, 0.5) is 23.2 Å². The summed E-state index contributed by atoms with van der Waals surface area (Å²) in [5, 5.41) is 25.8. The number of carbonyl (C=O) groups is 1. The number of carbonyl (C=O) groups excluding carboxylic acids is 1. The highest BCUT2D eigenvalue weighted by Crippen LogP contribution is 2.33. The molecule has 3 rings (SSSR count). The first kappa shape index (κ1) is 20.3. The molecular formula is C19H14F4N4O2. The molecule has 6 nitrogen and oxygen atoms in total. The van der Waals surface area contributed by atoms with Crippen molar-refractivity contribution in [2.45, 2.75) is 25.2 Å². The third kappa shape index (κ3) is 4.20. The van der Waals surface area contributed by atoms with Crippen LogP contribution in [0.5, 0.6) is 0 Å². The molecule has 150 valence electrons. The van der Waals surface area contributed by atoms with Gasteiger partial charge in [-0.2, -0.15) is 23.5 Å². The first-order valence-electron chi connectivity index (χ1n) is 8.28. The summed E-state index contributed by atoms with van der Waals surface area (Å²) in [5.74, 6) is -1.51. The Morgan fingerprint density at radius 1 is 1.31 bits per heavy atom. The Hall–Kier alpha value is -3.45. The summed E-state index contributed by atoms with van der Waals surface area (Å²) in [5.41, 5.74) is -3.77. The van der Waals surface area contributed by atoms with Crippen molar-refractivity contribution in [3.05, 3.63) is 59.5 Å². The van der Waals surface area contributed by atoms with Gasteiger partial charge in [0, 0.05) is 11.9 Å². The number of hydrogen-bond acceptors (Lipinski definition) is 4. The molecule has 2 N–H and O–H groups in total. The SMILES string of the molecule is C[C@](O)(Cn1cc2c(F)cccc2n1)C(=O)Nc1ccc(C#N)c(C(F)(F)F)c1. The number of alkyl halides is 3. The summed E-state index contributed by atoms with van der Waals surface area (Å²) in [6.07, 6.45) is -3.47. The van der Waals surface area contributed by atoms with Gasteiger partial charge in [-0.1, -0.05) is 6.07 Å². The van der Waals surface area contributed by atoms with Crippen LogP contribution in [0.15, 0.2) is 42.6 Å². The summed E-state index contributed by atoms with van der Waals surface area (Å²) in [6, 6.07) is 8.36. The monoisotopic (exact) mass is 406 g/mol. The van der Waals surface area contributed by atoms with Crippen molar-refractivity contribution in [2.75, 3.05) is 5.32 Å². The molecule has 1 heterocycles. The van der Waals surface area contributed by atoms with Crippen LogP contribution >= 0.6 is 0 Å². The number of hydrogen-bond donors (Lipinski definition) is 2. The molecule has 0 bridgehead atoms. The average Bonchev–Trinajstić information content (AvgIpc) is 3.04. The standard InChI is InChI=1S/C19H14F4N4O2/c1-18(29,10-27-9-13-15(20)3-2-4-16(13)26-27)17(28)25-12-6-5-11(8-24)14(7-12)19(21,22)23/h2-7,9,29H,10H2,1H3,(H,25,28)/t18-/m0/s1. The average molecular weight is 406 g/mol. The largest absolute Gasteiger partial charge is 0.417 e. The molecule has 0 radical (unpaired) electrons. The van der Waals surface area contributed by atoms with Crippen LogP contribution in [0.2, 0.25) is 0 Å². The van der Waals surface area contributed by atoms with E-state index in [9.17, 15) is 27.5 Å². The molecule has 0 spiro atoms. The topological polar surface area (TPSA) is 90.9 Å². The maximum Gasteiger partial charge on any atom is 0.417 e. The summed E-state index contributed by atoms with van der Waals surface area (Å²) >= 11 is 0. The molecule has 0 aliphatic heterocycles. The van der Waals surface area contributed by atoms with Gasteiger partial charge in [-0.15, -0.1) is 0 Å². The number of nitrogens with zero attached hydrogens (tertiary/aromatic N) is 3. The lowest BCUT2D eigenvalue weighted by Gasteiger charge is -2.22. The molecule has 0 saturated heterocycles. The highest BCUT2D eigenvalue weighted by Gasteiger charge is 2.35. The Morgan fingerprint density at radius 3 is 2.66 bits per heavy atom. The van der Waals surface area contributed by atoms with E-state index in [1.54, 1.807) is 6.07 Å². The van der Waals surface area contributed by atoms with Gasteiger partial charge in [-0.05, 0) is 37.3 Å². The van der Waals surface area contributed by atoms with Crippen molar-refractivity contribution in [1.82, 2.24) is 9.78 Å². The lowest BCUT2D eigenvalue weighted by atomic mass is 10.0. The summed E-state index contributed by atoms with van der Waals surface area (Å²) in [7, 11) is 0. The van der Waals surface area contributed by atoms with E-state index in [1.165, 1.54) is 29.1 Å². The highest BCUT2D eigenvalue weighted by atomic mass is 19.4. The molecule has 1 aromatic heterocycles. The Morgan fingerprint density at radius 2 is 2.03 bits per heavy atom. The quantitative estimate of drug-likeness (QED) is 0.650. The molecule has 1 amide bonds. The van der Waals surface area contributed by atoms with E-state index in [-0.39, 0.29) is 17.6 Å². The van der Waals surface area contributed by atoms with Gasteiger partial charge in [0.05, 0.1) is 34.6 Å². The lowest BCUT2D eigenvalue weighted by molar-refractivity contribution is -0.138. The van der Waals surface area contributed by atoms with Crippen molar-refractivity contribution < 1.29 is 27.5 Å². The minimum Gasteiger partial charge on any atom is -0.378 e. The smallest absolute Gasteiger partial charge is 0.378 e. The van der Waals surface area contributed by atoms with Gasteiger partial charge in [-0.3, -0.25) is 9.48 Å². The van der Waals surface area contributed by atoms with Gasteiger partial charge in [-0.25, -0.2) is 4.39 Å². The van der Waals surface area contributed by atoms with E-state index in [4.69, 9.17) is 5.26 Å². The zero-order chi connectivity index (χ0) is 21.4. The number of fused-ring (bicyclic) bond motifs is 1. The van der Waals surface area contributed by atoms with Gasteiger partial charge in [0.1, 0.15) is 5.82 Å². The number of nitriles is 1. The van der Waals surface area contributed by atoms with Crippen LogP contribution < -0.4 is 5.32 Å². The maximum atomic E-state index is 13.8. The Bertz CT molecular complexity index is 1130. The number of rotatable bonds is 4. The summed E-state index contributed by atoms with van der Waals surface area (Å²) in [4.78, 5) is 12.4. The summed E-state index contributed by atoms with van der Waals surface area (Å²) in [6.45, 7) is 0.786. The van der Waals surface area contributed by atoms with E-state index < -0.39 is 34.6 Å². The number of aliphatic hydroxyl groups is 1. The number of amides is 1. The first-order valence-corrected chi connectivity index (χ1v) is 8.28. The van der Waals surface area contributed by atoms with Gasteiger partial charge in [0.2, 0.25) is 0 Å². The van der Waals surface area contributed by atoms with E-state index in [1.807, 2.05) is 0 Å². The van der Waals surface area contributed by atoms with Crippen LogP contribution in [0.3, 0.4) is 0 Å². The molecule has 29 heavy (non-hydrogen) atoms. The van der Waals surface area contributed by atoms with Crippen molar-refractivity contribution in [2.24, 2.45) is 0 Å². The van der Waals surface area contributed by atoms with Gasteiger partial charge in [0.25, 0.3) is 5.91 Å². The fourth-order valence-corrected chi connectivity index (χ4v) is 2.74. The summed E-state index contributed by atoms with van der Waals surface area (Å²) < 4.78 is 54.1. The number of halogens is 4. The van der Waals surface area contributed by atoms with Crippen LogP contribution in [0.25, 0.3) is 10.9 Å². The molecule has 0 aliphatic rings. The zero-order valence-corrected chi connectivity index (χ0v) is 15.0. The number of anilines is 1. The molecule has 0 saturated carbocycles. The first-order chi connectivity index (χ1) is 13.5. The van der Waals surface area contributed by atoms with Gasteiger partial charge < -0.3 is 10.4 Å². The third-order valence-electron chi connectivity index (χ3n) is 4.21. The van der Waals surface area contributed by atoms with Gasteiger partial charge >= 0.3 is 6.18 Å². The highest BCUT2D eigenvalue weighted by molar-refractivity contribution is 5.97. The fourth-order valence-electron chi connectivity index (χ4n) is 2.74. The van der Waals surface area contributed by atoms with Crippen molar-refractivity contribution in [1.29, 1.82) is 5.26 Å². The van der Waals surface area contributed by atoms with Crippen LogP contribution in [-0.4, -0.2) is 26.4 Å². The van der Waals surface area contributed by atoms with Crippen LogP contribution in [-0.2, 0) is 17.5 Å².